The minimum absolute atomic E-state index is 0.724. The molecule has 4 nitrogen and oxygen atoms in total. The van der Waals surface area contributed by atoms with Crippen molar-refractivity contribution in [3.63, 3.8) is 0 Å². The van der Waals surface area contributed by atoms with Crippen LogP contribution < -0.4 is 0 Å². The van der Waals surface area contributed by atoms with Gasteiger partial charge < -0.3 is 0 Å². The van der Waals surface area contributed by atoms with Crippen LogP contribution in [0, 0.1) is 0 Å². The fourth-order valence-electron chi connectivity index (χ4n) is 2.52. The van der Waals surface area contributed by atoms with Crippen LogP contribution in [-0.4, -0.2) is 32.8 Å². The van der Waals surface area contributed by atoms with Gasteiger partial charge in [-0.25, -0.2) is 9.67 Å². The van der Waals surface area contributed by atoms with E-state index in [2.05, 4.69) is 15.0 Å². The lowest BCUT2D eigenvalue weighted by Crippen LogP contribution is -2.19. The van der Waals surface area contributed by atoms with Gasteiger partial charge in [-0.2, -0.15) is 5.10 Å². The molecule has 0 amide bonds. The molecular weight excluding hydrogens is 260 g/mol. The predicted molar refractivity (Wildman–Crippen MR) is 76.0 cm³/mol. The Morgan fingerprint density at radius 1 is 1.26 bits per heavy atom. The molecule has 1 aromatic carbocycles. The van der Waals surface area contributed by atoms with Gasteiger partial charge in [0.05, 0.1) is 6.54 Å². The van der Waals surface area contributed by atoms with Gasteiger partial charge in [-0.1, -0.05) is 23.7 Å². The SMILES string of the molecule is Cn1nc(CN2CCCC2)nc1-c1cccc(Cl)c1. The van der Waals surface area contributed by atoms with Crippen molar-refractivity contribution in [3.05, 3.63) is 35.1 Å². The molecule has 1 saturated heterocycles. The fourth-order valence-corrected chi connectivity index (χ4v) is 2.71. The molecule has 2 heterocycles. The van der Waals surface area contributed by atoms with Crippen molar-refractivity contribution >= 4 is 11.6 Å². The second-order valence-electron chi connectivity index (χ2n) is 4.97. The van der Waals surface area contributed by atoms with E-state index in [0.29, 0.717) is 0 Å². The summed E-state index contributed by atoms with van der Waals surface area (Å²) in [5.74, 6) is 1.76. The Labute approximate surface area is 118 Å². The minimum atomic E-state index is 0.724. The Morgan fingerprint density at radius 2 is 2.05 bits per heavy atom. The highest BCUT2D eigenvalue weighted by Gasteiger charge is 2.16. The third-order valence-electron chi connectivity index (χ3n) is 3.45. The summed E-state index contributed by atoms with van der Waals surface area (Å²) in [4.78, 5) is 7.04. The number of hydrogen-bond donors (Lipinski definition) is 0. The number of aryl methyl sites for hydroxylation is 1. The average molecular weight is 277 g/mol. The van der Waals surface area contributed by atoms with E-state index in [9.17, 15) is 0 Å². The van der Waals surface area contributed by atoms with Crippen LogP contribution in [0.25, 0.3) is 11.4 Å². The van der Waals surface area contributed by atoms with E-state index in [1.807, 2.05) is 36.0 Å². The number of nitrogens with zero attached hydrogens (tertiary/aromatic N) is 4. The molecule has 2 aromatic rings. The second kappa shape index (κ2) is 5.31. The van der Waals surface area contributed by atoms with Crippen LogP contribution in [-0.2, 0) is 13.6 Å². The average Bonchev–Trinajstić information content (AvgIpc) is 3.00. The van der Waals surface area contributed by atoms with Gasteiger partial charge in [0.1, 0.15) is 0 Å². The van der Waals surface area contributed by atoms with Crippen molar-refractivity contribution in [3.8, 4) is 11.4 Å². The van der Waals surface area contributed by atoms with Crippen LogP contribution in [0.4, 0.5) is 0 Å². The first kappa shape index (κ1) is 12.6. The van der Waals surface area contributed by atoms with Crippen LogP contribution in [0.1, 0.15) is 18.7 Å². The quantitative estimate of drug-likeness (QED) is 0.864. The van der Waals surface area contributed by atoms with E-state index in [0.717, 1.165) is 41.9 Å². The van der Waals surface area contributed by atoms with E-state index in [1.165, 1.54) is 12.8 Å². The van der Waals surface area contributed by atoms with Crippen molar-refractivity contribution in [2.24, 2.45) is 7.05 Å². The van der Waals surface area contributed by atoms with Crippen molar-refractivity contribution in [2.75, 3.05) is 13.1 Å². The summed E-state index contributed by atoms with van der Waals surface area (Å²) in [7, 11) is 1.93. The standard InChI is InChI=1S/C14H17ClN4/c1-18-14(11-5-4-6-12(15)9-11)16-13(17-18)10-19-7-2-3-8-19/h4-6,9H,2-3,7-8,10H2,1H3. The summed E-state index contributed by atoms with van der Waals surface area (Å²) in [5, 5.41) is 5.22. The van der Waals surface area contributed by atoms with Gasteiger partial charge in [0.15, 0.2) is 11.6 Å². The Morgan fingerprint density at radius 3 is 2.79 bits per heavy atom. The molecule has 0 radical (unpaired) electrons. The molecule has 0 bridgehead atoms. The molecule has 0 atom stereocenters. The third kappa shape index (κ3) is 2.80. The van der Waals surface area contributed by atoms with Crippen molar-refractivity contribution in [1.82, 2.24) is 19.7 Å². The monoisotopic (exact) mass is 276 g/mol. The Kier molecular flexibility index (Phi) is 3.53. The summed E-state index contributed by atoms with van der Waals surface area (Å²) in [6, 6.07) is 7.74. The maximum Gasteiger partial charge on any atom is 0.165 e. The molecule has 3 rings (SSSR count). The van der Waals surface area contributed by atoms with E-state index in [-0.39, 0.29) is 0 Å². The summed E-state index contributed by atoms with van der Waals surface area (Å²) >= 11 is 6.03. The van der Waals surface area contributed by atoms with Gasteiger partial charge in [-0.15, -0.1) is 0 Å². The topological polar surface area (TPSA) is 34.0 Å². The molecule has 5 heteroatoms. The summed E-state index contributed by atoms with van der Waals surface area (Å²) in [6.07, 6.45) is 2.57. The molecule has 1 aliphatic heterocycles. The number of benzene rings is 1. The molecule has 1 aromatic heterocycles. The molecule has 19 heavy (non-hydrogen) atoms. The van der Waals surface area contributed by atoms with Gasteiger partial charge in [0, 0.05) is 17.6 Å². The van der Waals surface area contributed by atoms with Gasteiger partial charge in [-0.05, 0) is 38.1 Å². The van der Waals surface area contributed by atoms with Crippen LogP contribution >= 0.6 is 11.6 Å². The third-order valence-corrected chi connectivity index (χ3v) is 3.69. The van der Waals surface area contributed by atoms with E-state index >= 15 is 0 Å². The number of aromatic nitrogens is 3. The predicted octanol–water partition coefficient (Wildman–Crippen LogP) is 2.73. The summed E-state index contributed by atoms with van der Waals surface area (Å²) in [6.45, 7) is 3.16. The first-order valence-electron chi connectivity index (χ1n) is 6.60. The number of rotatable bonds is 3. The Hall–Kier alpha value is -1.39. The van der Waals surface area contributed by atoms with Crippen LogP contribution in [0.15, 0.2) is 24.3 Å². The van der Waals surface area contributed by atoms with E-state index < -0.39 is 0 Å². The second-order valence-corrected chi connectivity index (χ2v) is 5.41. The largest absolute Gasteiger partial charge is 0.296 e. The molecule has 100 valence electrons. The minimum Gasteiger partial charge on any atom is -0.296 e. The van der Waals surface area contributed by atoms with Crippen LogP contribution in [0.5, 0.6) is 0 Å². The van der Waals surface area contributed by atoms with Crippen molar-refractivity contribution < 1.29 is 0 Å². The maximum atomic E-state index is 6.03. The first-order valence-corrected chi connectivity index (χ1v) is 6.98. The van der Waals surface area contributed by atoms with Gasteiger partial charge in [0.25, 0.3) is 0 Å². The zero-order valence-electron chi connectivity index (χ0n) is 11.0. The zero-order valence-corrected chi connectivity index (χ0v) is 11.8. The van der Waals surface area contributed by atoms with Crippen LogP contribution in [0.3, 0.4) is 0 Å². The Bertz CT molecular complexity index is 573. The number of hydrogen-bond acceptors (Lipinski definition) is 3. The fraction of sp³-hybridized carbons (Fsp3) is 0.429. The summed E-state index contributed by atoms with van der Waals surface area (Å²) in [5.41, 5.74) is 1.01. The van der Waals surface area contributed by atoms with Gasteiger partial charge in [-0.3, -0.25) is 4.90 Å². The highest BCUT2D eigenvalue weighted by atomic mass is 35.5. The lowest BCUT2D eigenvalue weighted by Gasteiger charge is -2.10. The molecule has 1 aliphatic rings. The first-order chi connectivity index (χ1) is 9.22. The lowest BCUT2D eigenvalue weighted by molar-refractivity contribution is 0.322. The zero-order chi connectivity index (χ0) is 13.2. The van der Waals surface area contributed by atoms with Crippen molar-refractivity contribution in [2.45, 2.75) is 19.4 Å². The van der Waals surface area contributed by atoms with Gasteiger partial charge >= 0.3 is 0 Å². The highest BCUT2D eigenvalue weighted by molar-refractivity contribution is 6.30. The molecule has 0 saturated carbocycles. The highest BCUT2D eigenvalue weighted by Crippen LogP contribution is 2.21. The molecule has 1 fully saturated rings. The molecule has 0 aliphatic carbocycles. The molecule has 0 spiro atoms. The van der Waals surface area contributed by atoms with Gasteiger partial charge in [0.2, 0.25) is 0 Å². The molecule has 0 N–H and O–H groups in total. The lowest BCUT2D eigenvalue weighted by atomic mass is 10.2. The van der Waals surface area contributed by atoms with Crippen molar-refractivity contribution in [1.29, 1.82) is 0 Å². The normalized spacial score (nSPS) is 16.1. The number of likely N-dealkylation sites (tertiary alicyclic amines) is 1. The maximum absolute atomic E-state index is 6.03. The Balaban J connectivity index is 1.84. The number of halogens is 1. The smallest absolute Gasteiger partial charge is 0.165 e. The van der Waals surface area contributed by atoms with E-state index in [1.54, 1.807) is 0 Å². The molecular formula is C14H17ClN4. The van der Waals surface area contributed by atoms with Crippen LogP contribution in [0.2, 0.25) is 5.02 Å². The summed E-state index contributed by atoms with van der Waals surface area (Å²) < 4.78 is 1.83. The molecule has 0 unspecified atom stereocenters. The van der Waals surface area contributed by atoms with E-state index in [4.69, 9.17) is 11.6 Å².